The van der Waals surface area contributed by atoms with Crippen molar-refractivity contribution in [1.29, 1.82) is 0 Å². The minimum absolute atomic E-state index is 0.0505. The number of rotatable bonds is 5. The average molecular weight is 189 g/mol. The summed E-state index contributed by atoms with van der Waals surface area (Å²) in [6.45, 7) is 11.0. The third-order valence-electron chi connectivity index (χ3n) is 1.77. The summed E-state index contributed by atoms with van der Waals surface area (Å²) in [6.07, 6.45) is 0.861. The van der Waals surface area contributed by atoms with E-state index in [9.17, 15) is 0 Å². The first-order chi connectivity index (χ1) is 5.37. The molecular formula is C9H23NOSi. The maximum atomic E-state index is 5.81. The Morgan fingerprint density at radius 2 is 1.83 bits per heavy atom. The average Bonchev–Trinajstić information content (AvgIpc) is 1.83. The minimum Gasteiger partial charge on any atom is -0.402 e. The van der Waals surface area contributed by atoms with E-state index >= 15 is 0 Å². The molecule has 0 aromatic rings. The summed E-state index contributed by atoms with van der Waals surface area (Å²) in [4.78, 5) is 0. The first-order valence-electron chi connectivity index (χ1n) is 4.81. The van der Waals surface area contributed by atoms with Gasteiger partial charge in [0.05, 0.1) is 6.23 Å². The van der Waals surface area contributed by atoms with Gasteiger partial charge in [-0.2, -0.15) is 0 Å². The topological polar surface area (TPSA) is 35.2 Å². The zero-order valence-electron chi connectivity index (χ0n) is 9.05. The molecule has 3 heteroatoms. The monoisotopic (exact) mass is 189 g/mol. The molecule has 0 saturated heterocycles. The highest BCUT2D eigenvalue weighted by molar-refractivity contribution is 6.71. The lowest BCUT2D eigenvalue weighted by molar-refractivity contribution is 0.192. The zero-order valence-corrected chi connectivity index (χ0v) is 10.1. The van der Waals surface area contributed by atoms with E-state index in [1.165, 1.54) is 6.04 Å². The largest absolute Gasteiger partial charge is 0.402 e. The summed E-state index contributed by atoms with van der Waals surface area (Å²) < 4.78 is 5.81. The van der Waals surface area contributed by atoms with Gasteiger partial charge in [0.2, 0.25) is 0 Å². The second-order valence-corrected chi connectivity index (χ2v) is 8.59. The molecule has 0 aliphatic carbocycles. The van der Waals surface area contributed by atoms with Crippen LogP contribution in [0, 0.1) is 5.92 Å². The van der Waals surface area contributed by atoms with Gasteiger partial charge in [-0.25, -0.2) is 0 Å². The SMILES string of the molecule is CCC(N)O[Si](C)(C)CC(C)C. The van der Waals surface area contributed by atoms with E-state index < -0.39 is 8.32 Å². The molecule has 0 aliphatic heterocycles. The van der Waals surface area contributed by atoms with Crippen LogP contribution in [0.25, 0.3) is 0 Å². The minimum atomic E-state index is -1.48. The number of hydrogen-bond donors (Lipinski definition) is 1. The highest BCUT2D eigenvalue weighted by Gasteiger charge is 2.25. The van der Waals surface area contributed by atoms with Crippen LogP contribution in [-0.4, -0.2) is 14.5 Å². The molecule has 2 nitrogen and oxygen atoms in total. The van der Waals surface area contributed by atoms with E-state index in [-0.39, 0.29) is 6.23 Å². The fourth-order valence-corrected chi connectivity index (χ4v) is 4.57. The van der Waals surface area contributed by atoms with Crippen LogP contribution in [0.4, 0.5) is 0 Å². The predicted molar refractivity (Wildman–Crippen MR) is 56.5 cm³/mol. The fraction of sp³-hybridized carbons (Fsp3) is 1.00. The Morgan fingerprint density at radius 1 is 1.33 bits per heavy atom. The molecule has 0 aromatic carbocycles. The number of hydrogen-bond acceptors (Lipinski definition) is 2. The van der Waals surface area contributed by atoms with Gasteiger partial charge in [-0.1, -0.05) is 20.8 Å². The van der Waals surface area contributed by atoms with Crippen LogP contribution in [0.3, 0.4) is 0 Å². The van der Waals surface area contributed by atoms with Crippen LogP contribution in [0.2, 0.25) is 19.1 Å². The molecule has 0 amide bonds. The summed E-state index contributed by atoms with van der Waals surface area (Å²) in [5.74, 6) is 0.718. The first-order valence-corrected chi connectivity index (χ1v) is 7.92. The van der Waals surface area contributed by atoms with Crippen LogP contribution < -0.4 is 5.73 Å². The van der Waals surface area contributed by atoms with Crippen molar-refractivity contribution in [2.75, 3.05) is 0 Å². The van der Waals surface area contributed by atoms with Crippen molar-refractivity contribution in [3.8, 4) is 0 Å². The Kier molecular flexibility index (Phi) is 5.05. The first kappa shape index (κ1) is 12.1. The molecular weight excluding hydrogens is 166 g/mol. The van der Waals surface area contributed by atoms with Gasteiger partial charge in [0.25, 0.3) is 0 Å². The Balaban J connectivity index is 3.85. The molecule has 0 radical (unpaired) electrons. The Morgan fingerprint density at radius 3 is 2.17 bits per heavy atom. The lowest BCUT2D eigenvalue weighted by atomic mass is 10.3. The van der Waals surface area contributed by atoms with Gasteiger partial charge in [0.15, 0.2) is 8.32 Å². The van der Waals surface area contributed by atoms with Crippen molar-refractivity contribution < 1.29 is 4.43 Å². The van der Waals surface area contributed by atoms with E-state index in [0.717, 1.165) is 12.3 Å². The van der Waals surface area contributed by atoms with E-state index in [4.69, 9.17) is 10.2 Å². The molecule has 0 rings (SSSR count). The zero-order chi connectivity index (χ0) is 9.78. The summed E-state index contributed by atoms with van der Waals surface area (Å²) in [6, 6.07) is 1.20. The van der Waals surface area contributed by atoms with E-state index in [1.807, 2.05) is 0 Å². The third-order valence-corrected chi connectivity index (χ3v) is 4.51. The van der Waals surface area contributed by atoms with E-state index in [1.54, 1.807) is 0 Å². The van der Waals surface area contributed by atoms with Gasteiger partial charge in [-0.05, 0) is 31.5 Å². The maximum absolute atomic E-state index is 5.81. The lowest BCUT2D eigenvalue weighted by Gasteiger charge is -2.28. The van der Waals surface area contributed by atoms with Gasteiger partial charge in [-0.3, -0.25) is 0 Å². The molecule has 74 valence electrons. The molecule has 1 unspecified atom stereocenters. The van der Waals surface area contributed by atoms with E-state index in [0.29, 0.717) is 0 Å². The summed E-state index contributed by atoms with van der Waals surface area (Å²) in [5, 5.41) is 0. The van der Waals surface area contributed by atoms with Crippen LogP contribution >= 0.6 is 0 Å². The van der Waals surface area contributed by atoms with Gasteiger partial charge >= 0.3 is 0 Å². The van der Waals surface area contributed by atoms with Crippen molar-refractivity contribution in [1.82, 2.24) is 0 Å². The predicted octanol–water partition coefficient (Wildman–Crippen LogP) is 2.56. The van der Waals surface area contributed by atoms with Crippen molar-refractivity contribution >= 4 is 8.32 Å². The fourth-order valence-electron chi connectivity index (χ4n) is 1.52. The van der Waals surface area contributed by atoms with Gasteiger partial charge < -0.3 is 10.2 Å². The van der Waals surface area contributed by atoms with Crippen molar-refractivity contribution in [3.63, 3.8) is 0 Å². The standard InChI is InChI=1S/C9H23NOSi/c1-6-9(10)11-12(4,5)7-8(2)3/h8-9H,6-7,10H2,1-5H3. The molecule has 0 spiro atoms. The van der Waals surface area contributed by atoms with E-state index in [2.05, 4.69) is 33.9 Å². The molecule has 0 bridgehead atoms. The molecule has 1 atom stereocenters. The van der Waals surface area contributed by atoms with Gasteiger partial charge in [0, 0.05) is 0 Å². The molecule has 12 heavy (non-hydrogen) atoms. The highest BCUT2D eigenvalue weighted by atomic mass is 28.4. The second-order valence-electron chi connectivity index (χ2n) is 4.42. The Hall–Kier alpha value is 0.137. The van der Waals surface area contributed by atoms with Crippen molar-refractivity contribution in [2.24, 2.45) is 11.7 Å². The molecule has 0 saturated carbocycles. The van der Waals surface area contributed by atoms with Crippen LogP contribution in [0.1, 0.15) is 27.2 Å². The highest BCUT2D eigenvalue weighted by Crippen LogP contribution is 2.18. The Labute approximate surface area is 77.6 Å². The summed E-state index contributed by atoms with van der Waals surface area (Å²) in [7, 11) is -1.48. The van der Waals surface area contributed by atoms with Crippen LogP contribution in [0.15, 0.2) is 0 Å². The van der Waals surface area contributed by atoms with Crippen LogP contribution in [0.5, 0.6) is 0 Å². The molecule has 2 N–H and O–H groups in total. The van der Waals surface area contributed by atoms with Crippen molar-refractivity contribution in [3.05, 3.63) is 0 Å². The lowest BCUT2D eigenvalue weighted by Crippen LogP contribution is -2.40. The molecule has 0 heterocycles. The smallest absolute Gasteiger partial charge is 0.189 e. The normalized spacial score (nSPS) is 15.2. The summed E-state index contributed by atoms with van der Waals surface area (Å²) >= 11 is 0. The van der Waals surface area contributed by atoms with Gasteiger partial charge in [0.1, 0.15) is 0 Å². The molecule has 0 aromatic heterocycles. The third kappa shape index (κ3) is 5.74. The van der Waals surface area contributed by atoms with Gasteiger partial charge in [-0.15, -0.1) is 0 Å². The Bertz CT molecular complexity index is 126. The second kappa shape index (κ2) is 4.99. The number of nitrogens with two attached hydrogens (primary N) is 1. The van der Waals surface area contributed by atoms with Crippen molar-refractivity contribution in [2.45, 2.75) is 52.6 Å². The molecule has 0 fully saturated rings. The quantitative estimate of drug-likeness (QED) is 0.533. The molecule has 0 aliphatic rings. The maximum Gasteiger partial charge on any atom is 0.189 e. The van der Waals surface area contributed by atoms with Crippen LogP contribution in [-0.2, 0) is 4.43 Å². The summed E-state index contributed by atoms with van der Waals surface area (Å²) in [5.41, 5.74) is 5.75.